The van der Waals surface area contributed by atoms with E-state index in [1.165, 1.54) is 23.2 Å². The SMILES string of the molecule is CN(C)C1CCC(Nc2nc(Cc3ccccc3)nc3[nH]c4cc(-c5nnn(C)n5)ccc4c23)CC1. The molecule has 1 aliphatic rings. The summed E-state index contributed by atoms with van der Waals surface area (Å²) < 4.78 is 0. The monoisotopic (exact) mass is 481 g/mol. The van der Waals surface area contributed by atoms with Gasteiger partial charge >= 0.3 is 0 Å². The second-order valence-corrected chi connectivity index (χ2v) is 9.98. The van der Waals surface area contributed by atoms with Crippen LogP contribution in [0.5, 0.6) is 0 Å². The number of nitrogens with zero attached hydrogens (tertiary/aromatic N) is 7. The standard InChI is InChI=1S/C27H31N9/c1-35(2)20-12-10-19(11-13-20)28-26-24-21-14-9-18(25-32-34-36(3)33-25)16-22(21)29-27(24)31-23(30-26)15-17-7-5-4-6-8-17/h4-9,14,16,19-20H,10-13,15H2,1-3H3,(H2,28,29,30,31). The highest BCUT2D eigenvalue weighted by atomic mass is 15.6. The van der Waals surface area contributed by atoms with Crippen LogP contribution in [0.3, 0.4) is 0 Å². The highest BCUT2D eigenvalue weighted by molar-refractivity contribution is 6.11. The van der Waals surface area contributed by atoms with Crippen molar-refractivity contribution < 1.29 is 0 Å². The third-order valence-corrected chi connectivity index (χ3v) is 7.24. The van der Waals surface area contributed by atoms with Gasteiger partial charge in [-0.1, -0.05) is 42.5 Å². The molecular weight excluding hydrogens is 450 g/mol. The van der Waals surface area contributed by atoms with Crippen molar-refractivity contribution >= 4 is 27.8 Å². The lowest BCUT2D eigenvalue weighted by Crippen LogP contribution is -2.36. The van der Waals surface area contributed by atoms with Gasteiger partial charge in [-0.2, -0.15) is 4.80 Å². The van der Waals surface area contributed by atoms with Crippen molar-refractivity contribution in [3.63, 3.8) is 0 Å². The highest BCUT2D eigenvalue weighted by Crippen LogP contribution is 2.34. The Balaban J connectivity index is 1.40. The van der Waals surface area contributed by atoms with Gasteiger partial charge in [-0.3, -0.25) is 0 Å². The molecule has 0 bridgehead atoms. The summed E-state index contributed by atoms with van der Waals surface area (Å²) in [7, 11) is 6.13. The van der Waals surface area contributed by atoms with E-state index in [0.29, 0.717) is 24.3 Å². The Morgan fingerprint density at radius 1 is 1.03 bits per heavy atom. The summed E-state index contributed by atoms with van der Waals surface area (Å²) >= 11 is 0. The number of hydrogen-bond donors (Lipinski definition) is 2. The van der Waals surface area contributed by atoms with Gasteiger partial charge in [0.25, 0.3) is 0 Å². The van der Waals surface area contributed by atoms with Crippen molar-refractivity contribution in [3.05, 3.63) is 59.9 Å². The summed E-state index contributed by atoms with van der Waals surface area (Å²) in [4.78, 5) is 17.4. The first-order valence-corrected chi connectivity index (χ1v) is 12.6. The van der Waals surface area contributed by atoms with Crippen LogP contribution in [0.15, 0.2) is 48.5 Å². The number of rotatable bonds is 6. The van der Waals surface area contributed by atoms with Crippen molar-refractivity contribution in [2.24, 2.45) is 7.05 Å². The predicted octanol–water partition coefficient (Wildman–Crippen LogP) is 4.18. The molecule has 3 heterocycles. The van der Waals surface area contributed by atoms with E-state index in [1.807, 2.05) is 12.1 Å². The quantitative estimate of drug-likeness (QED) is 0.375. The van der Waals surface area contributed by atoms with Gasteiger partial charge in [0.15, 0.2) is 0 Å². The van der Waals surface area contributed by atoms with Gasteiger partial charge in [0.1, 0.15) is 17.3 Å². The summed E-state index contributed by atoms with van der Waals surface area (Å²) in [6, 6.07) is 17.7. The van der Waals surface area contributed by atoms with Crippen LogP contribution >= 0.6 is 0 Å². The van der Waals surface area contributed by atoms with Crippen LogP contribution in [-0.4, -0.2) is 66.2 Å². The molecule has 0 unspecified atom stereocenters. The zero-order valence-corrected chi connectivity index (χ0v) is 20.9. The number of aromatic amines is 1. The number of anilines is 1. The molecule has 36 heavy (non-hydrogen) atoms. The van der Waals surface area contributed by atoms with Gasteiger partial charge in [-0.25, -0.2) is 9.97 Å². The van der Waals surface area contributed by atoms with E-state index >= 15 is 0 Å². The van der Waals surface area contributed by atoms with E-state index in [4.69, 9.17) is 9.97 Å². The number of fused-ring (bicyclic) bond motifs is 3. The molecule has 0 saturated heterocycles. The van der Waals surface area contributed by atoms with Crippen molar-refractivity contribution in [3.8, 4) is 11.4 Å². The van der Waals surface area contributed by atoms with Gasteiger partial charge < -0.3 is 15.2 Å². The van der Waals surface area contributed by atoms with Crippen LogP contribution in [-0.2, 0) is 13.5 Å². The molecule has 0 atom stereocenters. The van der Waals surface area contributed by atoms with Crippen LogP contribution in [0.4, 0.5) is 5.82 Å². The van der Waals surface area contributed by atoms with E-state index < -0.39 is 0 Å². The van der Waals surface area contributed by atoms with Crippen LogP contribution in [0, 0.1) is 0 Å². The molecule has 1 aliphatic carbocycles. The average molecular weight is 482 g/mol. The average Bonchev–Trinajstić information content (AvgIpc) is 3.48. The fourth-order valence-corrected chi connectivity index (χ4v) is 5.28. The van der Waals surface area contributed by atoms with Crippen molar-refractivity contribution in [1.29, 1.82) is 0 Å². The van der Waals surface area contributed by atoms with E-state index in [9.17, 15) is 0 Å². The van der Waals surface area contributed by atoms with Gasteiger partial charge in [0.05, 0.1) is 12.4 Å². The number of tetrazole rings is 1. The molecule has 9 heteroatoms. The number of aromatic nitrogens is 7. The Bertz CT molecular complexity index is 1490. The molecule has 5 aromatic rings. The molecule has 2 N–H and O–H groups in total. The molecule has 1 fully saturated rings. The van der Waals surface area contributed by atoms with Crippen LogP contribution in [0.2, 0.25) is 0 Å². The number of hydrogen-bond acceptors (Lipinski definition) is 7. The molecule has 2 aromatic carbocycles. The molecule has 0 amide bonds. The van der Waals surface area contributed by atoms with E-state index in [0.717, 1.165) is 52.0 Å². The Hall–Kier alpha value is -3.85. The molecule has 9 nitrogen and oxygen atoms in total. The van der Waals surface area contributed by atoms with Gasteiger partial charge in [0, 0.05) is 35.0 Å². The Labute approximate surface area is 209 Å². The molecule has 0 radical (unpaired) electrons. The lowest BCUT2D eigenvalue weighted by molar-refractivity contribution is 0.221. The topological polar surface area (TPSA) is 100 Å². The van der Waals surface area contributed by atoms with Gasteiger partial charge in [-0.05, 0) is 56.6 Å². The lowest BCUT2D eigenvalue weighted by Gasteiger charge is -2.33. The molecular formula is C27H31N9. The minimum Gasteiger partial charge on any atom is -0.367 e. The number of H-pyrrole nitrogens is 1. The molecule has 0 aliphatic heterocycles. The highest BCUT2D eigenvalue weighted by Gasteiger charge is 2.24. The van der Waals surface area contributed by atoms with Crippen LogP contribution in [0.1, 0.15) is 37.1 Å². The van der Waals surface area contributed by atoms with Crippen molar-refractivity contribution in [1.82, 2.24) is 40.1 Å². The maximum absolute atomic E-state index is 5.06. The minimum atomic E-state index is 0.400. The zero-order chi connectivity index (χ0) is 24.6. The smallest absolute Gasteiger partial charge is 0.204 e. The summed E-state index contributed by atoms with van der Waals surface area (Å²) in [5.74, 6) is 2.32. The molecule has 184 valence electrons. The van der Waals surface area contributed by atoms with Crippen molar-refractivity contribution in [2.75, 3.05) is 19.4 Å². The Morgan fingerprint density at radius 3 is 2.56 bits per heavy atom. The molecule has 6 rings (SSSR count). The first-order chi connectivity index (χ1) is 17.5. The van der Waals surface area contributed by atoms with Crippen LogP contribution < -0.4 is 5.32 Å². The third kappa shape index (κ3) is 4.42. The largest absolute Gasteiger partial charge is 0.367 e. The zero-order valence-electron chi connectivity index (χ0n) is 20.9. The maximum Gasteiger partial charge on any atom is 0.204 e. The number of nitrogens with one attached hydrogen (secondary N) is 2. The molecule has 0 spiro atoms. The Morgan fingerprint density at radius 2 is 1.83 bits per heavy atom. The summed E-state index contributed by atoms with van der Waals surface area (Å²) in [6.07, 6.45) is 5.33. The fraction of sp³-hybridized carbons (Fsp3) is 0.370. The van der Waals surface area contributed by atoms with Gasteiger partial charge in [0.2, 0.25) is 5.82 Å². The summed E-state index contributed by atoms with van der Waals surface area (Å²) in [5, 5.41) is 18.4. The van der Waals surface area contributed by atoms with Crippen LogP contribution in [0.25, 0.3) is 33.3 Å². The summed E-state index contributed by atoms with van der Waals surface area (Å²) in [6.45, 7) is 0. The normalized spacial score (nSPS) is 18.3. The fourth-order valence-electron chi connectivity index (χ4n) is 5.28. The second-order valence-electron chi connectivity index (χ2n) is 9.98. The predicted molar refractivity (Wildman–Crippen MR) is 142 cm³/mol. The number of benzene rings is 2. The Kier molecular flexibility index (Phi) is 5.85. The molecule has 1 saturated carbocycles. The lowest BCUT2D eigenvalue weighted by atomic mass is 9.90. The number of aryl methyl sites for hydroxylation is 1. The first-order valence-electron chi connectivity index (χ1n) is 12.6. The van der Waals surface area contributed by atoms with Crippen molar-refractivity contribution in [2.45, 2.75) is 44.2 Å². The summed E-state index contributed by atoms with van der Waals surface area (Å²) in [5.41, 5.74) is 3.94. The van der Waals surface area contributed by atoms with E-state index in [2.05, 4.69) is 81.1 Å². The maximum atomic E-state index is 5.06. The van der Waals surface area contributed by atoms with Gasteiger partial charge in [-0.15, -0.1) is 10.2 Å². The first kappa shape index (κ1) is 22.6. The third-order valence-electron chi connectivity index (χ3n) is 7.24. The van der Waals surface area contributed by atoms with E-state index in [-0.39, 0.29) is 0 Å². The minimum absolute atomic E-state index is 0.400. The second kappa shape index (κ2) is 9.31. The van der Waals surface area contributed by atoms with E-state index in [1.54, 1.807) is 7.05 Å². The molecule has 3 aromatic heterocycles.